The van der Waals surface area contributed by atoms with Crippen molar-refractivity contribution in [1.82, 2.24) is 0 Å². The maximum absolute atomic E-state index is 12.5. The highest BCUT2D eigenvalue weighted by atomic mass is 16.5. The van der Waals surface area contributed by atoms with Gasteiger partial charge >= 0.3 is 0 Å². The van der Waals surface area contributed by atoms with Gasteiger partial charge in [0.1, 0.15) is 5.78 Å². The molecule has 148 valence electrons. The van der Waals surface area contributed by atoms with Gasteiger partial charge in [0.2, 0.25) is 0 Å². The van der Waals surface area contributed by atoms with Gasteiger partial charge in [0.25, 0.3) is 5.97 Å². The molecule has 1 unspecified atom stereocenters. The van der Waals surface area contributed by atoms with Crippen LogP contribution in [-0.2, 0) is 9.59 Å². The summed E-state index contributed by atoms with van der Waals surface area (Å²) >= 11 is 0. The van der Waals surface area contributed by atoms with E-state index in [1.807, 2.05) is 0 Å². The Hall–Kier alpha value is -0.940. The van der Waals surface area contributed by atoms with Crippen LogP contribution in [0.25, 0.3) is 0 Å². The smallest absolute Gasteiger partial charge is 0.300 e. The lowest BCUT2D eigenvalue weighted by atomic mass is 9.45. The van der Waals surface area contributed by atoms with Crippen LogP contribution in [0.3, 0.4) is 0 Å². The average molecular weight is 366 g/mol. The predicted molar refractivity (Wildman–Crippen MR) is 97.2 cm³/mol. The second-order valence-electron chi connectivity index (χ2n) is 9.34. The van der Waals surface area contributed by atoms with E-state index in [1.165, 1.54) is 38.5 Å². The third-order valence-electron chi connectivity index (χ3n) is 8.37. The van der Waals surface area contributed by atoms with Gasteiger partial charge in [-0.25, -0.2) is 0 Å². The quantitative estimate of drug-likeness (QED) is 0.619. The van der Waals surface area contributed by atoms with Crippen molar-refractivity contribution in [3.05, 3.63) is 0 Å². The Morgan fingerprint density at radius 3 is 2.38 bits per heavy atom. The van der Waals surface area contributed by atoms with E-state index >= 15 is 0 Å². The van der Waals surface area contributed by atoms with E-state index in [0.717, 1.165) is 25.7 Å². The zero-order valence-electron chi connectivity index (χ0n) is 16.1. The van der Waals surface area contributed by atoms with Crippen LogP contribution >= 0.6 is 0 Å². The van der Waals surface area contributed by atoms with Crippen LogP contribution < -0.4 is 0 Å². The lowest BCUT2D eigenvalue weighted by Crippen LogP contribution is -2.56. The number of aliphatic carboxylic acids is 1. The van der Waals surface area contributed by atoms with E-state index in [1.54, 1.807) is 0 Å². The normalized spacial score (nSPS) is 44.4. The first-order valence-corrected chi connectivity index (χ1v) is 10.3. The number of ketones is 1. The van der Waals surface area contributed by atoms with Gasteiger partial charge in [0.15, 0.2) is 6.29 Å². The summed E-state index contributed by atoms with van der Waals surface area (Å²) in [5.41, 5.74) is -0.377. The molecule has 0 aromatic carbocycles. The molecular weight excluding hydrogens is 332 g/mol. The monoisotopic (exact) mass is 366 g/mol. The molecule has 4 aliphatic carbocycles. The van der Waals surface area contributed by atoms with E-state index < -0.39 is 17.7 Å². The molecule has 5 heteroatoms. The SMILES string of the molecule is CC(=O)O.C[C@]12CCCCC1CC[C@@H]1[C@@H]2CC[C@]2(C(O)O)C(=O)CC[C@@H]12. The van der Waals surface area contributed by atoms with Crippen LogP contribution in [0.1, 0.15) is 78.1 Å². The highest BCUT2D eigenvalue weighted by Gasteiger charge is 2.63. The molecule has 0 saturated heterocycles. The van der Waals surface area contributed by atoms with Gasteiger partial charge in [-0.1, -0.05) is 19.8 Å². The third-order valence-corrected chi connectivity index (χ3v) is 8.37. The van der Waals surface area contributed by atoms with E-state index in [9.17, 15) is 15.0 Å². The Bertz CT molecular complexity index is 555. The van der Waals surface area contributed by atoms with Gasteiger partial charge in [-0.05, 0) is 74.0 Å². The van der Waals surface area contributed by atoms with Gasteiger partial charge < -0.3 is 15.3 Å². The first-order chi connectivity index (χ1) is 12.2. The van der Waals surface area contributed by atoms with Crippen molar-refractivity contribution < 1.29 is 24.9 Å². The highest BCUT2D eigenvalue weighted by Crippen LogP contribution is 2.66. The van der Waals surface area contributed by atoms with Gasteiger partial charge in [0, 0.05) is 13.3 Å². The molecule has 0 spiro atoms. The minimum atomic E-state index is -1.45. The maximum Gasteiger partial charge on any atom is 0.300 e. The number of rotatable bonds is 1. The fourth-order valence-corrected chi connectivity index (χ4v) is 7.27. The number of carboxylic acid groups (broad SMARTS) is 1. The number of hydrogen-bond acceptors (Lipinski definition) is 4. The lowest BCUT2D eigenvalue weighted by Gasteiger charge is -2.60. The summed E-state index contributed by atoms with van der Waals surface area (Å²) in [4.78, 5) is 21.5. The molecule has 26 heavy (non-hydrogen) atoms. The molecule has 0 aliphatic heterocycles. The molecule has 0 heterocycles. The summed E-state index contributed by atoms with van der Waals surface area (Å²) in [7, 11) is 0. The molecule has 4 fully saturated rings. The van der Waals surface area contributed by atoms with Crippen molar-refractivity contribution in [2.24, 2.45) is 34.5 Å². The topological polar surface area (TPSA) is 94.8 Å². The number of aliphatic hydroxyl groups is 2. The van der Waals surface area contributed by atoms with Crippen molar-refractivity contribution in [3.63, 3.8) is 0 Å². The van der Waals surface area contributed by atoms with Gasteiger partial charge in [-0.2, -0.15) is 0 Å². The van der Waals surface area contributed by atoms with E-state index in [0.29, 0.717) is 30.1 Å². The zero-order valence-corrected chi connectivity index (χ0v) is 16.1. The Morgan fingerprint density at radius 1 is 1.04 bits per heavy atom. The average Bonchev–Trinajstić information content (AvgIpc) is 2.92. The number of carbonyl (C=O) groups excluding carboxylic acids is 1. The number of hydrogen-bond donors (Lipinski definition) is 3. The molecule has 4 saturated carbocycles. The summed E-state index contributed by atoms with van der Waals surface area (Å²) < 4.78 is 0. The standard InChI is InChI=1S/C19H30O3.C2H4O2/c1-18-10-3-2-4-12(18)5-6-13-14(18)9-11-19(17(21)22)15(13)7-8-16(19)20;1-2(3)4/h12-15,17,21-22H,2-11H2,1H3;1H3,(H,3,4)/t12?,13-,14+,15+,18+,19-;/m1./s1. The number of aliphatic hydroxyl groups excluding tert-OH is 1. The molecular formula is C21H34O5. The summed E-state index contributed by atoms with van der Waals surface area (Å²) in [6, 6.07) is 0. The third kappa shape index (κ3) is 3.01. The highest BCUT2D eigenvalue weighted by molar-refractivity contribution is 5.88. The van der Waals surface area contributed by atoms with E-state index in [2.05, 4.69) is 6.92 Å². The van der Waals surface area contributed by atoms with Crippen molar-refractivity contribution in [3.8, 4) is 0 Å². The summed E-state index contributed by atoms with van der Waals surface area (Å²) in [6.45, 7) is 3.59. The predicted octanol–water partition coefficient (Wildman–Crippen LogP) is 3.37. The van der Waals surface area contributed by atoms with Gasteiger partial charge in [0.05, 0.1) is 5.41 Å². The van der Waals surface area contributed by atoms with Crippen LogP contribution in [0, 0.1) is 34.5 Å². The Labute approximate surface area is 156 Å². The minimum Gasteiger partial charge on any atom is -0.481 e. The van der Waals surface area contributed by atoms with Gasteiger partial charge in [-0.15, -0.1) is 0 Å². The molecule has 5 nitrogen and oxygen atoms in total. The van der Waals surface area contributed by atoms with Gasteiger partial charge in [-0.3, -0.25) is 9.59 Å². The molecule has 0 bridgehead atoms. The fourth-order valence-electron chi connectivity index (χ4n) is 7.27. The van der Waals surface area contributed by atoms with Crippen molar-refractivity contribution in [2.45, 2.75) is 84.3 Å². The molecule has 4 rings (SSSR count). The molecule has 6 atom stereocenters. The summed E-state index contributed by atoms with van der Waals surface area (Å²) in [5, 5.41) is 27.5. The number of fused-ring (bicyclic) bond motifs is 5. The first-order valence-electron chi connectivity index (χ1n) is 10.3. The molecule has 4 aliphatic rings. The Balaban J connectivity index is 0.000000447. The number of Topliss-reactive ketones (excluding diaryl/α,β-unsaturated/α-hetero) is 1. The van der Waals surface area contributed by atoms with E-state index in [-0.39, 0.29) is 11.7 Å². The van der Waals surface area contributed by atoms with Crippen LogP contribution in [0.15, 0.2) is 0 Å². The van der Waals surface area contributed by atoms with E-state index in [4.69, 9.17) is 9.90 Å². The Kier molecular flexibility index (Phi) is 5.51. The van der Waals surface area contributed by atoms with Crippen molar-refractivity contribution >= 4 is 11.8 Å². The first kappa shape index (κ1) is 19.8. The number of carboxylic acids is 1. The lowest BCUT2D eigenvalue weighted by molar-refractivity contribution is -0.199. The molecule has 0 aromatic heterocycles. The second kappa shape index (κ2) is 7.23. The molecule has 0 aromatic rings. The minimum absolute atomic E-state index is 0.127. The van der Waals surface area contributed by atoms with Crippen LogP contribution in [-0.4, -0.2) is 33.4 Å². The van der Waals surface area contributed by atoms with Crippen molar-refractivity contribution in [1.29, 1.82) is 0 Å². The van der Waals surface area contributed by atoms with Crippen LogP contribution in [0.2, 0.25) is 0 Å². The zero-order chi connectivity index (χ0) is 19.1. The largest absolute Gasteiger partial charge is 0.481 e. The fraction of sp³-hybridized carbons (Fsp3) is 0.905. The molecule has 0 amide bonds. The van der Waals surface area contributed by atoms with Crippen LogP contribution in [0.5, 0.6) is 0 Å². The summed E-state index contributed by atoms with van der Waals surface area (Å²) in [5.74, 6) is 1.63. The second-order valence-corrected chi connectivity index (χ2v) is 9.34. The summed E-state index contributed by atoms with van der Waals surface area (Å²) in [6.07, 6.45) is 9.69. The van der Waals surface area contributed by atoms with Crippen molar-refractivity contribution in [2.75, 3.05) is 0 Å². The maximum atomic E-state index is 12.5. The molecule has 3 N–H and O–H groups in total. The Morgan fingerprint density at radius 2 is 1.73 bits per heavy atom. The van der Waals surface area contributed by atoms with Crippen LogP contribution in [0.4, 0.5) is 0 Å². The number of carbonyl (C=O) groups is 2. The molecule has 0 radical (unpaired) electrons.